The molecule has 0 radical (unpaired) electrons. The van der Waals surface area contributed by atoms with Gasteiger partial charge in [-0.25, -0.2) is 0 Å². The van der Waals surface area contributed by atoms with Gasteiger partial charge in [-0.1, -0.05) is 11.6 Å². The van der Waals surface area contributed by atoms with Crippen molar-refractivity contribution in [2.75, 3.05) is 20.8 Å². The summed E-state index contributed by atoms with van der Waals surface area (Å²) in [4.78, 5) is 14.7. The maximum absolute atomic E-state index is 12.8. The van der Waals surface area contributed by atoms with Crippen LogP contribution >= 0.6 is 11.6 Å². The molecule has 128 valence electrons. The molecule has 2 aliphatic rings. The van der Waals surface area contributed by atoms with Crippen molar-refractivity contribution >= 4 is 17.5 Å². The van der Waals surface area contributed by atoms with E-state index in [0.717, 1.165) is 37.9 Å². The second-order valence-corrected chi connectivity index (χ2v) is 6.92. The molecule has 2 fully saturated rings. The van der Waals surface area contributed by atoms with Crippen molar-refractivity contribution in [3.05, 3.63) is 16.9 Å². The standard InChI is InChI=1S/C16H24ClN3O3/c1-11-13(17)9-19(18-11)10-15(21)20-7-6-16(23-3)5-4-12(22-2)8-14(16)20/h9,12,14H,4-8,10H2,1-3H3/t12-,14-,16+/m0/s1. The molecule has 1 aromatic heterocycles. The van der Waals surface area contributed by atoms with Crippen molar-refractivity contribution in [3.63, 3.8) is 0 Å². The fourth-order valence-corrected chi connectivity index (χ4v) is 4.13. The number of aromatic nitrogens is 2. The molecule has 1 saturated heterocycles. The molecule has 1 amide bonds. The predicted octanol–water partition coefficient (Wildman–Crippen LogP) is 2.03. The number of amides is 1. The number of hydrogen-bond donors (Lipinski definition) is 0. The van der Waals surface area contributed by atoms with Gasteiger partial charge in [0.1, 0.15) is 6.54 Å². The van der Waals surface area contributed by atoms with E-state index in [1.807, 2.05) is 11.8 Å². The van der Waals surface area contributed by atoms with Gasteiger partial charge in [0.15, 0.2) is 0 Å². The van der Waals surface area contributed by atoms with Crippen LogP contribution in [0.4, 0.5) is 0 Å². The summed E-state index contributed by atoms with van der Waals surface area (Å²) in [6, 6.07) is 0.0748. The monoisotopic (exact) mass is 341 g/mol. The van der Waals surface area contributed by atoms with Crippen molar-refractivity contribution in [2.24, 2.45) is 0 Å². The summed E-state index contributed by atoms with van der Waals surface area (Å²) in [5, 5.41) is 4.86. The second kappa shape index (κ2) is 6.42. The van der Waals surface area contributed by atoms with Gasteiger partial charge < -0.3 is 14.4 Å². The Hall–Kier alpha value is -1.11. The van der Waals surface area contributed by atoms with E-state index in [-0.39, 0.29) is 30.2 Å². The van der Waals surface area contributed by atoms with Gasteiger partial charge in [0.2, 0.25) is 5.91 Å². The number of aryl methyl sites for hydroxylation is 1. The molecule has 3 atom stereocenters. The van der Waals surface area contributed by atoms with Crippen LogP contribution in [0.5, 0.6) is 0 Å². The highest BCUT2D eigenvalue weighted by atomic mass is 35.5. The SMILES string of the molecule is CO[C@H]1CC[C@@]2(OC)CCN(C(=O)Cn3cc(Cl)c(C)n3)[C@H]2C1. The summed E-state index contributed by atoms with van der Waals surface area (Å²) >= 11 is 6.02. The summed E-state index contributed by atoms with van der Waals surface area (Å²) in [6.45, 7) is 2.77. The summed E-state index contributed by atoms with van der Waals surface area (Å²) in [6.07, 6.45) is 5.52. The number of rotatable bonds is 4. The summed E-state index contributed by atoms with van der Waals surface area (Å²) in [5.74, 6) is 0.0600. The summed E-state index contributed by atoms with van der Waals surface area (Å²) in [5.41, 5.74) is 0.520. The molecule has 7 heteroatoms. The molecule has 1 aliphatic heterocycles. The Balaban J connectivity index is 1.75. The number of carbonyl (C=O) groups excluding carboxylic acids is 1. The summed E-state index contributed by atoms with van der Waals surface area (Å²) < 4.78 is 13.0. The van der Waals surface area contributed by atoms with Crippen LogP contribution in [0, 0.1) is 6.92 Å². The Kier molecular flexibility index (Phi) is 4.67. The van der Waals surface area contributed by atoms with E-state index < -0.39 is 0 Å². The predicted molar refractivity (Wildman–Crippen MR) is 86.5 cm³/mol. The van der Waals surface area contributed by atoms with Crippen LogP contribution in [-0.4, -0.2) is 59.1 Å². The van der Waals surface area contributed by atoms with Crippen LogP contribution in [0.25, 0.3) is 0 Å². The number of methoxy groups -OCH3 is 2. The quantitative estimate of drug-likeness (QED) is 0.841. The van der Waals surface area contributed by atoms with Crippen LogP contribution < -0.4 is 0 Å². The van der Waals surface area contributed by atoms with Crippen LogP contribution in [0.15, 0.2) is 6.20 Å². The first-order chi connectivity index (χ1) is 11.0. The first-order valence-corrected chi connectivity index (χ1v) is 8.44. The van der Waals surface area contributed by atoms with Gasteiger partial charge in [0.05, 0.1) is 28.5 Å². The maximum Gasteiger partial charge on any atom is 0.244 e. The number of fused-ring (bicyclic) bond motifs is 1. The zero-order valence-electron chi connectivity index (χ0n) is 13.9. The minimum atomic E-state index is -0.220. The van der Waals surface area contributed by atoms with Crippen LogP contribution in [0.2, 0.25) is 5.02 Å². The Morgan fingerprint density at radius 3 is 2.87 bits per heavy atom. The molecular weight excluding hydrogens is 318 g/mol. The van der Waals surface area contributed by atoms with Gasteiger partial charge in [-0.2, -0.15) is 5.10 Å². The highest BCUT2D eigenvalue weighted by molar-refractivity contribution is 6.31. The van der Waals surface area contributed by atoms with Gasteiger partial charge in [0, 0.05) is 27.0 Å². The molecule has 0 unspecified atom stereocenters. The van der Waals surface area contributed by atoms with E-state index >= 15 is 0 Å². The van der Waals surface area contributed by atoms with Gasteiger partial charge in [-0.3, -0.25) is 9.48 Å². The lowest BCUT2D eigenvalue weighted by Crippen LogP contribution is -2.53. The molecule has 0 spiro atoms. The van der Waals surface area contributed by atoms with E-state index in [9.17, 15) is 4.79 Å². The number of likely N-dealkylation sites (tertiary alicyclic amines) is 1. The van der Waals surface area contributed by atoms with Gasteiger partial charge in [-0.15, -0.1) is 0 Å². The normalized spacial score (nSPS) is 30.5. The maximum atomic E-state index is 12.8. The highest BCUT2D eigenvalue weighted by Crippen LogP contribution is 2.43. The molecular formula is C16H24ClN3O3. The fraction of sp³-hybridized carbons (Fsp3) is 0.750. The lowest BCUT2D eigenvalue weighted by atomic mass is 9.79. The highest BCUT2D eigenvalue weighted by Gasteiger charge is 2.52. The first kappa shape index (κ1) is 16.7. The molecule has 1 aliphatic carbocycles. The number of halogens is 1. The van der Waals surface area contributed by atoms with Crippen molar-refractivity contribution in [1.29, 1.82) is 0 Å². The van der Waals surface area contributed by atoms with Gasteiger partial charge in [-0.05, 0) is 32.6 Å². The number of hydrogen-bond acceptors (Lipinski definition) is 4. The molecule has 3 rings (SSSR count). The lowest BCUT2D eigenvalue weighted by molar-refractivity contribution is -0.141. The van der Waals surface area contributed by atoms with Crippen molar-refractivity contribution in [1.82, 2.24) is 14.7 Å². The molecule has 0 bridgehead atoms. The Morgan fingerprint density at radius 1 is 1.48 bits per heavy atom. The third-order valence-electron chi connectivity index (χ3n) is 5.38. The van der Waals surface area contributed by atoms with E-state index in [1.54, 1.807) is 25.1 Å². The number of nitrogens with zero attached hydrogens (tertiary/aromatic N) is 3. The minimum Gasteiger partial charge on any atom is -0.381 e. The van der Waals surface area contributed by atoms with Crippen molar-refractivity contribution < 1.29 is 14.3 Å². The van der Waals surface area contributed by atoms with Gasteiger partial charge >= 0.3 is 0 Å². The fourth-order valence-electron chi connectivity index (χ4n) is 3.98. The van der Waals surface area contributed by atoms with E-state index in [4.69, 9.17) is 21.1 Å². The Morgan fingerprint density at radius 2 is 2.26 bits per heavy atom. The second-order valence-electron chi connectivity index (χ2n) is 6.51. The molecule has 6 nitrogen and oxygen atoms in total. The molecule has 23 heavy (non-hydrogen) atoms. The average molecular weight is 342 g/mol. The first-order valence-electron chi connectivity index (χ1n) is 8.06. The van der Waals surface area contributed by atoms with Crippen molar-refractivity contribution in [3.8, 4) is 0 Å². The third-order valence-corrected chi connectivity index (χ3v) is 5.75. The Bertz CT molecular complexity index is 572. The zero-order valence-corrected chi connectivity index (χ0v) is 14.7. The molecule has 2 heterocycles. The molecule has 1 saturated carbocycles. The van der Waals surface area contributed by atoms with E-state index in [1.165, 1.54) is 0 Å². The van der Waals surface area contributed by atoms with Crippen molar-refractivity contribution in [2.45, 2.75) is 56.9 Å². The molecule has 0 N–H and O–H groups in total. The van der Waals surface area contributed by atoms with Gasteiger partial charge in [0.25, 0.3) is 0 Å². The molecule has 0 aromatic carbocycles. The number of ether oxygens (including phenoxy) is 2. The van der Waals surface area contributed by atoms with E-state index in [0.29, 0.717) is 5.02 Å². The lowest BCUT2D eigenvalue weighted by Gasteiger charge is -2.43. The average Bonchev–Trinajstić information content (AvgIpc) is 3.07. The molecule has 1 aromatic rings. The van der Waals surface area contributed by atoms with Crippen LogP contribution in [-0.2, 0) is 20.8 Å². The minimum absolute atomic E-state index is 0.0600. The summed E-state index contributed by atoms with van der Waals surface area (Å²) in [7, 11) is 3.49. The van der Waals surface area contributed by atoms with Crippen LogP contribution in [0.3, 0.4) is 0 Å². The third kappa shape index (κ3) is 2.99. The smallest absolute Gasteiger partial charge is 0.244 e. The number of carbonyl (C=O) groups is 1. The largest absolute Gasteiger partial charge is 0.381 e. The van der Waals surface area contributed by atoms with Crippen LogP contribution in [0.1, 0.15) is 31.4 Å². The zero-order chi connectivity index (χ0) is 16.6. The van der Waals surface area contributed by atoms with E-state index in [2.05, 4.69) is 5.10 Å². The topological polar surface area (TPSA) is 56.6 Å². The Labute approximate surface area is 141 Å².